The van der Waals surface area contributed by atoms with Crippen LogP contribution in [0.5, 0.6) is 5.75 Å². The Bertz CT molecular complexity index is 508. The van der Waals surface area contributed by atoms with E-state index in [1.165, 1.54) is 17.5 Å². The van der Waals surface area contributed by atoms with Crippen LogP contribution in [0.2, 0.25) is 0 Å². The van der Waals surface area contributed by atoms with Gasteiger partial charge in [0.25, 0.3) is 0 Å². The number of phenolic OH excluding ortho intramolecular Hbond substituents is 1. The van der Waals surface area contributed by atoms with E-state index in [-0.39, 0.29) is 10.8 Å². The lowest BCUT2D eigenvalue weighted by Crippen LogP contribution is -2.63. The van der Waals surface area contributed by atoms with Crippen LogP contribution in [0.15, 0.2) is 18.2 Å². The van der Waals surface area contributed by atoms with Crippen LogP contribution in [0.1, 0.15) is 44.7 Å². The molecule has 0 spiro atoms. The average Bonchev–Trinajstić information content (AvgIpc) is 2.35. The second-order valence-corrected chi connectivity index (χ2v) is 6.95. The lowest BCUT2D eigenvalue weighted by Gasteiger charge is -2.61. The molecule has 1 aromatic carbocycles. The summed E-state index contributed by atoms with van der Waals surface area (Å²) in [6, 6.07) is 6.62. The van der Waals surface area contributed by atoms with Gasteiger partial charge in [0.05, 0.1) is 0 Å². The van der Waals surface area contributed by atoms with Crippen LogP contribution in [0.4, 0.5) is 0 Å². The largest absolute Gasteiger partial charge is 0.508 e. The fraction of sp³-hybridized carbons (Fsp3) is 0.647. The predicted molar refractivity (Wildman–Crippen MR) is 78.6 cm³/mol. The van der Waals surface area contributed by atoms with E-state index in [2.05, 4.69) is 38.8 Å². The molecule has 1 saturated heterocycles. The maximum absolute atomic E-state index is 9.91. The summed E-state index contributed by atoms with van der Waals surface area (Å²) in [7, 11) is 2.26. The van der Waals surface area contributed by atoms with Gasteiger partial charge < -0.3 is 10.0 Å². The first-order chi connectivity index (χ1) is 8.92. The van der Waals surface area contributed by atoms with Gasteiger partial charge in [0, 0.05) is 11.5 Å². The number of likely N-dealkylation sites (N-methyl/N-ethyl adjacent to an activating group) is 1. The Balaban J connectivity index is 2.25. The zero-order valence-corrected chi connectivity index (χ0v) is 12.5. The van der Waals surface area contributed by atoms with Crippen LogP contribution in [0.25, 0.3) is 0 Å². The molecular weight excluding hydrogens is 234 g/mol. The fourth-order valence-electron chi connectivity index (χ4n) is 4.83. The third-order valence-corrected chi connectivity index (χ3v) is 6.12. The molecule has 1 heterocycles. The van der Waals surface area contributed by atoms with Crippen molar-refractivity contribution in [1.29, 1.82) is 0 Å². The first kappa shape index (κ1) is 13.0. The molecule has 0 amide bonds. The zero-order chi connectivity index (χ0) is 13.8. The Hall–Kier alpha value is -1.02. The summed E-state index contributed by atoms with van der Waals surface area (Å²) >= 11 is 0. The van der Waals surface area contributed by atoms with E-state index >= 15 is 0 Å². The number of benzene rings is 1. The monoisotopic (exact) mass is 259 g/mol. The summed E-state index contributed by atoms with van der Waals surface area (Å²) < 4.78 is 0. The van der Waals surface area contributed by atoms with Gasteiger partial charge in [-0.15, -0.1) is 0 Å². The highest BCUT2D eigenvalue weighted by molar-refractivity contribution is 5.46. The molecule has 3 rings (SSSR count). The Morgan fingerprint density at radius 3 is 2.79 bits per heavy atom. The van der Waals surface area contributed by atoms with Crippen molar-refractivity contribution in [3.05, 3.63) is 29.3 Å². The van der Waals surface area contributed by atoms with Crippen molar-refractivity contribution in [2.24, 2.45) is 5.41 Å². The van der Waals surface area contributed by atoms with E-state index in [4.69, 9.17) is 0 Å². The summed E-state index contributed by atoms with van der Waals surface area (Å²) in [5.41, 5.74) is 3.33. The smallest absolute Gasteiger partial charge is 0.115 e. The zero-order valence-electron chi connectivity index (χ0n) is 12.5. The fourth-order valence-corrected chi connectivity index (χ4v) is 4.83. The second-order valence-electron chi connectivity index (χ2n) is 6.95. The third-order valence-electron chi connectivity index (χ3n) is 6.12. The van der Waals surface area contributed by atoms with Gasteiger partial charge in [-0.2, -0.15) is 0 Å². The molecule has 104 valence electrons. The lowest BCUT2D eigenvalue weighted by molar-refractivity contribution is -0.0356. The van der Waals surface area contributed by atoms with Crippen molar-refractivity contribution in [2.75, 3.05) is 13.6 Å². The van der Waals surface area contributed by atoms with E-state index in [0.29, 0.717) is 11.8 Å². The Labute approximate surface area is 116 Å². The molecule has 2 aliphatic rings. The molecule has 2 heteroatoms. The van der Waals surface area contributed by atoms with Gasteiger partial charge in [0.2, 0.25) is 0 Å². The summed E-state index contributed by atoms with van der Waals surface area (Å²) in [4.78, 5) is 2.53. The van der Waals surface area contributed by atoms with E-state index in [1.807, 2.05) is 12.1 Å². The first-order valence-electron chi connectivity index (χ1n) is 7.45. The molecule has 1 aromatic rings. The van der Waals surface area contributed by atoms with E-state index in [9.17, 15) is 5.11 Å². The van der Waals surface area contributed by atoms with Crippen LogP contribution in [-0.2, 0) is 11.8 Å². The average molecular weight is 259 g/mol. The highest BCUT2D eigenvalue weighted by Crippen LogP contribution is 2.57. The third kappa shape index (κ3) is 1.53. The number of fused-ring (bicyclic) bond motifs is 4. The van der Waals surface area contributed by atoms with Gasteiger partial charge in [-0.05, 0) is 61.5 Å². The molecule has 19 heavy (non-hydrogen) atoms. The van der Waals surface area contributed by atoms with Gasteiger partial charge in [-0.3, -0.25) is 0 Å². The molecule has 0 radical (unpaired) electrons. The van der Waals surface area contributed by atoms with Gasteiger partial charge in [-0.1, -0.05) is 26.8 Å². The number of hydrogen-bond donors (Lipinski definition) is 1. The molecule has 2 bridgehead atoms. The topological polar surface area (TPSA) is 23.5 Å². The summed E-state index contributed by atoms with van der Waals surface area (Å²) in [6.45, 7) is 8.31. The maximum Gasteiger partial charge on any atom is 0.115 e. The minimum absolute atomic E-state index is 0.219. The van der Waals surface area contributed by atoms with Crippen molar-refractivity contribution >= 4 is 0 Å². The molecule has 0 aromatic heterocycles. The molecule has 2 atom stereocenters. The minimum Gasteiger partial charge on any atom is -0.508 e. The predicted octanol–water partition coefficient (Wildman–Crippen LogP) is 3.33. The highest BCUT2D eigenvalue weighted by atomic mass is 16.3. The Morgan fingerprint density at radius 1 is 1.37 bits per heavy atom. The standard InChI is InChI=1S/C17H25NO/c1-5-17-8-9-18(4)15(16(17,2)3)10-12-6-7-13(19)11-14(12)17/h6-7,11,15,19H,5,8-10H2,1-4H3/t15-,17+/m1/s1. The summed E-state index contributed by atoms with van der Waals surface area (Å²) in [6.07, 6.45) is 3.46. The number of nitrogens with zero attached hydrogens (tertiary/aromatic N) is 1. The van der Waals surface area contributed by atoms with Gasteiger partial charge in [-0.25, -0.2) is 0 Å². The summed E-state index contributed by atoms with van der Waals surface area (Å²) in [5.74, 6) is 0.416. The Kier molecular flexibility index (Phi) is 2.72. The molecule has 2 nitrogen and oxygen atoms in total. The summed E-state index contributed by atoms with van der Waals surface area (Å²) in [5, 5.41) is 9.91. The van der Waals surface area contributed by atoms with Crippen LogP contribution in [0.3, 0.4) is 0 Å². The van der Waals surface area contributed by atoms with Crippen LogP contribution < -0.4 is 0 Å². The normalized spacial score (nSPS) is 32.9. The van der Waals surface area contributed by atoms with E-state index in [0.717, 1.165) is 19.4 Å². The second kappa shape index (κ2) is 3.99. The number of likely N-dealkylation sites (tertiary alicyclic amines) is 1. The number of phenols is 1. The molecule has 1 fully saturated rings. The molecule has 1 aliphatic heterocycles. The van der Waals surface area contributed by atoms with Crippen LogP contribution in [0, 0.1) is 5.41 Å². The van der Waals surface area contributed by atoms with E-state index in [1.54, 1.807) is 0 Å². The molecule has 1 N–H and O–H groups in total. The molecule has 0 saturated carbocycles. The van der Waals surface area contributed by atoms with Crippen molar-refractivity contribution in [2.45, 2.75) is 51.5 Å². The number of rotatable bonds is 1. The quantitative estimate of drug-likeness (QED) is 0.836. The number of piperidine rings is 1. The minimum atomic E-state index is 0.219. The Morgan fingerprint density at radius 2 is 2.11 bits per heavy atom. The SMILES string of the molecule is CC[C@]12CCN(C)[C@H](Cc3ccc(O)cc31)C2(C)C. The van der Waals surface area contributed by atoms with Crippen LogP contribution in [-0.4, -0.2) is 29.6 Å². The molecule has 1 aliphatic carbocycles. The van der Waals surface area contributed by atoms with Gasteiger partial charge in [0.15, 0.2) is 0 Å². The van der Waals surface area contributed by atoms with E-state index < -0.39 is 0 Å². The van der Waals surface area contributed by atoms with Crippen molar-refractivity contribution in [3.8, 4) is 5.75 Å². The molecular formula is C17H25NO. The number of aromatic hydroxyl groups is 1. The first-order valence-corrected chi connectivity index (χ1v) is 7.45. The van der Waals surface area contributed by atoms with Crippen molar-refractivity contribution in [1.82, 2.24) is 4.90 Å². The van der Waals surface area contributed by atoms with Gasteiger partial charge in [0.1, 0.15) is 5.75 Å². The van der Waals surface area contributed by atoms with Crippen molar-refractivity contribution in [3.63, 3.8) is 0 Å². The van der Waals surface area contributed by atoms with Crippen LogP contribution >= 0.6 is 0 Å². The molecule has 0 unspecified atom stereocenters. The highest BCUT2D eigenvalue weighted by Gasteiger charge is 2.56. The van der Waals surface area contributed by atoms with Gasteiger partial charge >= 0.3 is 0 Å². The number of hydrogen-bond acceptors (Lipinski definition) is 2. The lowest BCUT2D eigenvalue weighted by atomic mass is 9.49. The maximum atomic E-state index is 9.91. The van der Waals surface area contributed by atoms with Crippen molar-refractivity contribution < 1.29 is 5.11 Å².